The molecule has 134 valence electrons. The number of carbonyl (C=O) groups is 1. The van der Waals surface area contributed by atoms with Crippen LogP contribution in [-0.2, 0) is 10.5 Å². The molecule has 1 N–H and O–H groups in total. The van der Waals surface area contributed by atoms with Crippen LogP contribution in [0.15, 0.2) is 41.1 Å². The second kappa shape index (κ2) is 8.14. The molecule has 0 saturated carbocycles. The number of carbonyl (C=O) groups excluding carboxylic acids is 1. The second-order valence-corrected chi connectivity index (χ2v) is 6.90. The minimum absolute atomic E-state index is 0.0437. The molecule has 1 amide bonds. The maximum atomic E-state index is 12.2. The molecule has 6 nitrogen and oxygen atoms in total. The summed E-state index contributed by atoms with van der Waals surface area (Å²) in [6, 6.07) is 9.50. The average molecular weight is 368 g/mol. The van der Waals surface area contributed by atoms with E-state index in [2.05, 4.69) is 20.4 Å². The molecule has 0 atom stereocenters. The van der Waals surface area contributed by atoms with Gasteiger partial charge in [0.05, 0.1) is 17.1 Å². The van der Waals surface area contributed by atoms with Gasteiger partial charge in [0.15, 0.2) is 0 Å². The number of benzene rings is 1. The summed E-state index contributed by atoms with van der Waals surface area (Å²) in [5.74, 6) is 2.55. The molecule has 0 radical (unpaired) electrons. The standard InChI is InChI=1S/C19H20N4O2S/c1-12-17(13(2)25-23-12)10-26-11-19(24)22-16-6-4-5-15(9-16)18-7-8-20-14(3)21-18/h4-9H,10-11H2,1-3H3,(H,22,24). The number of aromatic nitrogens is 3. The highest BCUT2D eigenvalue weighted by atomic mass is 32.2. The summed E-state index contributed by atoms with van der Waals surface area (Å²) >= 11 is 1.54. The number of anilines is 1. The molecule has 0 spiro atoms. The first kappa shape index (κ1) is 18.1. The molecule has 0 fully saturated rings. The number of rotatable bonds is 6. The lowest BCUT2D eigenvalue weighted by Gasteiger charge is -2.08. The van der Waals surface area contributed by atoms with Gasteiger partial charge in [0.1, 0.15) is 11.6 Å². The Morgan fingerprint density at radius 3 is 2.81 bits per heavy atom. The van der Waals surface area contributed by atoms with Crippen LogP contribution in [0.5, 0.6) is 0 Å². The van der Waals surface area contributed by atoms with Crippen molar-refractivity contribution in [3.05, 3.63) is 59.4 Å². The van der Waals surface area contributed by atoms with Crippen molar-refractivity contribution in [2.45, 2.75) is 26.5 Å². The first-order chi connectivity index (χ1) is 12.5. The monoisotopic (exact) mass is 368 g/mol. The molecule has 3 rings (SSSR count). The van der Waals surface area contributed by atoms with Crippen LogP contribution in [-0.4, -0.2) is 26.8 Å². The Hall–Kier alpha value is -2.67. The Kier molecular flexibility index (Phi) is 5.68. The second-order valence-electron chi connectivity index (χ2n) is 5.91. The van der Waals surface area contributed by atoms with Crippen LogP contribution in [0.25, 0.3) is 11.3 Å². The maximum Gasteiger partial charge on any atom is 0.234 e. The molecular weight excluding hydrogens is 348 g/mol. The number of hydrogen-bond donors (Lipinski definition) is 1. The fraction of sp³-hybridized carbons (Fsp3) is 0.263. The van der Waals surface area contributed by atoms with E-state index in [4.69, 9.17) is 4.52 Å². The summed E-state index contributed by atoms with van der Waals surface area (Å²) in [6.45, 7) is 5.65. The largest absolute Gasteiger partial charge is 0.361 e. The lowest BCUT2D eigenvalue weighted by Crippen LogP contribution is -2.14. The molecule has 2 heterocycles. The van der Waals surface area contributed by atoms with Crippen LogP contribution in [0.2, 0.25) is 0 Å². The van der Waals surface area contributed by atoms with E-state index in [1.807, 2.05) is 51.1 Å². The van der Waals surface area contributed by atoms with E-state index >= 15 is 0 Å². The van der Waals surface area contributed by atoms with Crippen molar-refractivity contribution in [1.82, 2.24) is 15.1 Å². The molecule has 0 aliphatic rings. The van der Waals surface area contributed by atoms with E-state index in [0.29, 0.717) is 17.3 Å². The van der Waals surface area contributed by atoms with Gasteiger partial charge in [-0.1, -0.05) is 17.3 Å². The highest BCUT2D eigenvalue weighted by Gasteiger charge is 2.10. The number of hydrogen-bond acceptors (Lipinski definition) is 6. The molecule has 0 aliphatic heterocycles. The maximum absolute atomic E-state index is 12.2. The third-order valence-corrected chi connectivity index (χ3v) is 4.84. The molecule has 3 aromatic rings. The Bertz CT molecular complexity index is 904. The normalized spacial score (nSPS) is 10.7. The van der Waals surface area contributed by atoms with Crippen LogP contribution >= 0.6 is 11.8 Å². The predicted molar refractivity (Wildman–Crippen MR) is 103 cm³/mol. The molecule has 0 saturated heterocycles. The minimum Gasteiger partial charge on any atom is -0.361 e. The van der Waals surface area contributed by atoms with E-state index in [-0.39, 0.29) is 5.91 Å². The lowest BCUT2D eigenvalue weighted by molar-refractivity contribution is -0.113. The molecule has 1 aromatic carbocycles. The number of nitrogens with zero attached hydrogens (tertiary/aromatic N) is 3. The molecule has 0 unspecified atom stereocenters. The first-order valence-corrected chi connectivity index (χ1v) is 9.38. The van der Waals surface area contributed by atoms with Crippen molar-refractivity contribution in [2.75, 3.05) is 11.1 Å². The van der Waals surface area contributed by atoms with Gasteiger partial charge in [-0.25, -0.2) is 9.97 Å². The van der Waals surface area contributed by atoms with Gasteiger partial charge in [-0.15, -0.1) is 11.8 Å². The quantitative estimate of drug-likeness (QED) is 0.710. The van der Waals surface area contributed by atoms with Crippen LogP contribution in [0, 0.1) is 20.8 Å². The minimum atomic E-state index is -0.0437. The van der Waals surface area contributed by atoms with Crippen LogP contribution < -0.4 is 5.32 Å². The van der Waals surface area contributed by atoms with E-state index < -0.39 is 0 Å². The fourth-order valence-electron chi connectivity index (χ4n) is 2.52. The summed E-state index contributed by atoms with van der Waals surface area (Å²) < 4.78 is 5.14. The van der Waals surface area contributed by atoms with E-state index in [1.54, 1.807) is 6.20 Å². The van der Waals surface area contributed by atoms with E-state index in [9.17, 15) is 4.79 Å². The van der Waals surface area contributed by atoms with Gasteiger partial charge in [-0.2, -0.15) is 0 Å². The zero-order valence-electron chi connectivity index (χ0n) is 14.9. The van der Waals surface area contributed by atoms with Gasteiger partial charge >= 0.3 is 0 Å². The van der Waals surface area contributed by atoms with Gasteiger partial charge < -0.3 is 9.84 Å². The Morgan fingerprint density at radius 1 is 1.23 bits per heavy atom. The van der Waals surface area contributed by atoms with Crippen LogP contribution in [0.1, 0.15) is 22.8 Å². The van der Waals surface area contributed by atoms with Gasteiger partial charge in [-0.3, -0.25) is 4.79 Å². The first-order valence-electron chi connectivity index (χ1n) is 8.22. The summed E-state index contributed by atoms with van der Waals surface area (Å²) in [5.41, 5.74) is 4.46. The zero-order valence-corrected chi connectivity index (χ0v) is 15.8. The lowest BCUT2D eigenvalue weighted by atomic mass is 10.1. The summed E-state index contributed by atoms with van der Waals surface area (Å²) in [4.78, 5) is 20.7. The van der Waals surface area contributed by atoms with Crippen molar-refractivity contribution >= 4 is 23.4 Å². The molecule has 2 aromatic heterocycles. The molecule has 7 heteroatoms. The van der Waals surface area contributed by atoms with Crippen molar-refractivity contribution in [3.8, 4) is 11.3 Å². The number of nitrogens with one attached hydrogen (secondary N) is 1. The van der Waals surface area contributed by atoms with Gasteiger partial charge in [0, 0.05) is 28.8 Å². The van der Waals surface area contributed by atoms with Gasteiger partial charge in [0.25, 0.3) is 0 Å². The zero-order chi connectivity index (χ0) is 18.5. The van der Waals surface area contributed by atoms with Crippen molar-refractivity contribution in [3.63, 3.8) is 0 Å². The predicted octanol–water partition coefficient (Wildman–Crippen LogP) is 3.93. The number of thioether (sulfide) groups is 1. The van der Waals surface area contributed by atoms with Crippen molar-refractivity contribution in [1.29, 1.82) is 0 Å². The SMILES string of the molecule is Cc1nccc(-c2cccc(NC(=O)CSCc3c(C)noc3C)c2)n1. The van der Waals surface area contributed by atoms with Crippen LogP contribution in [0.4, 0.5) is 5.69 Å². The molecular formula is C19H20N4O2S. The third kappa shape index (κ3) is 4.49. The van der Waals surface area contributed by atoms with Crippen molar-refractivity contribution < 1.29 is 9.32 Å². The average Bonchev–Trinajstić information content (AvgIpc) is 2.94. The summed E-state index contributed by atoms with van der Waals surface area (Å²) in [6.07, 6.45) is 1.73. The topological polar surface area (TPSA) is 80.9 Å². The molecule has 26 heavy (non-hydrogen) atoms. The fourth-order valence-corrected chi connectivity index (χ4v) is 3.50. The third-order valence-electron chi connectivity index (χ3n) is 3.88. The number of amides is 1. The van der Waals surface area contributed by atoms with Gasteiger partial charge in [0.2, 0.25) is 5.91 Å². The van der Waals surface area contributed by atoms with E-state index in [1.165, 1.54) is 11.8 Å². The summed E-state index contributed by atoms with van der Waals surface area (Å²) in [5, 5.41) is 6.86. The van der Waals surface area contributed by atoms with Crippen LogP contribution in [0.3, 0.4) is 0 Å². The smallest absolute Gasteiger partial charge is 0.234 e. The Morgan fingerprint density at radius 2 is 2.08 bits per heavy atom. The molecule has 0 bridgehead atoms. The van der Waals surface area contributed by atoms with Gasteiger partial charge in [-0.05, 0) is 39.0 Å². The Labute approximate surface area is 156 Å². The molecule has 0 aliphatic carbocycles. The highest BCUT2D eigenvalue weighted by Crippen LogP contribution is 2.22. The highest BCUT2D eigenvalue weighted by molar-refractivity contribution is 7.99. The van der Waals surface area contributed by atoms with Crippen molar-refractivity contribution in [2.24, 2.45) is 0 Å². The van der Waals surface area contributed by atoms with E-state index in [0.717, 1.165) is 34.0 Å². The Balaban J connectivity index is 1.58. The summed E-state index contributed by atoms with van der Waals surface area (Å²) in [7, 11) is 0. The number of aryl methyl sites for hydroxylation is 3.